The predicted molar refractivity (Wildman–Crippen MR) is 156 cm³/mol. The van der Waals surface area contributed by atoms with E-state index < -0.39 is 0 Å². The molecule has 204 valence electrons. The van der Waals surface area contributed by atoms with Gasteiger partial charge in [0, 0.05) is 74.9 Å². The summed E-state index contributed by atoms with van der Waals surface area (Å²) in [5, 5.41) is 3.33. The van der Waals surface area contributed by atoms with Gasteiger partial charge in [0.25, 0.3) is 0 Å². The van der Waals surface area contributed by atoms with E-state index in [1.165, 1.54) is 11.3 Å². The largest absolute Gasteiger partial charge is 0.369 e. The van der Waals surface area contributed by atoms with Gasteiger partial charge < -0.3 is 24.9 Å². The fourth-order valence-corrected chi connectivity index (χ4v) is 6.11. The summed E-state index contributed by atoms with van der Waals surface area (Å²) in [7, 11) is 6.15. The van der Waals surface area contributed by atoms with Gasteiger partial charge in [-0.3, -0.25) is 4.90 Å². The lowest BCUT2D eigenvalue weighted by Gasteiger charge is -2.46. The van der Waals surface area contributed by atoms with Crippen LogP contribution in [-0.4, -0.2) is 97.2 Å². The van der Waals surface area contributed by atoms with E-state index in [2.05, 4.69) is 87.6 Å². The molecule has 2 unspecified atom stereocenters. The quantitative estimate of drug-likeness (QED) is 0.542. The molecular weight excluding hydrogens is 488 g/mol. The molecule has 2 fully saturated rings. The SMILES string of the molecule is CN1CCN(c2ccc(Nc3ncc4c(n3)N(C)C(=O)N(C3CCN(C)CC3c3ccccc3)C4)cc2)CC1. The van der Waals surface area contributed by atoms with Gasteiger partial charge in [0.1, 0.15) is 5.82 Å². The number of benzene rings is 2. The normalized spacial score (nSPS) is 22.6. The van der Waals surface area contributed by atoms with Gasteiger partial charge in [0.2, 0.25) is 5.95 Å². The molecule has 3 aromatic rings. The Balaban J connectivity index is 1.18. The lowest BCUT2D eigenvalue weighted by molar-refractivity contribution is 0.111. The van der Waals surface area contributed by atoms with E-state index in [0.717, 1.165) is 56.9 Å². The monoisotopic (exact) mass is 526 g/mol. The van der Waals surface area contributed by atoms with Gasteiger partial charge in [-0.1, -0.05) is 30.3 Å². The molecule has 0 radical (unpaired) electrons. The summed E-state index contributed by atoms with van der Waals surface area (Å²) in [6.07, 6.45) is 2.81. The van der Waals surface area contributed by atoms with E-state index in [9.17, 15) is 4.79 Å². The van der Waals surface area contributed by atoms with Crippen LogP contribution in [0.1, 0.15) is 23.5 Å². The van der Waals surface area contributed by atoms with Crippen molar-refractivity contribution in [2.75, 3.05) is 75.5 Å². The second-order valence-corrected chi connectivity index (χ2v) is 11.1. The van der Waals surface area contributed by atoms with Gasteiger partial charge in [-0.05, 0) is 56.9 Å². The molecule has 0 spiro atoms. The molecule has 4 heterocycles. The van der Waals surface area contributed by atoms with Gasteiger partial charge in [0.05, 0.1) is 6.54 Å². The maximum absolute atomic E-state index is 13.7. The highest BCUT2D eigenvalue weighted by Gasteiger charge is 2.40. The number of nitrogens with zero attached hydrogens (tertiary/aromatic N) is 7. The van der Waals surface area contributed by atoms with Crippen molar-refractivity contribution >= 4 is 29.2 Å². The zero-order valence-corrected chi connectivity index (χ0v) is 23.1. The Labute approximate surface area is 231 Å². The number of urea groups is 1. The van der Waals surface area contributed by atoms with Crippen LogP contribution in [0.25, 0.3) is 0 Å². The Kier molecular flexibility index (Phi) is 7.10. The molecule has 1 aromatic heterocycles. The molecule has 39 heavy (non-hydrogen) atoms. The van der Waals surface area contributed by atoms with Crippen LogP contribution < -0.4 is 15.1 Å². The van der Waals surface area contributed by atoms with E-state index in [4.69, 9.17) is 4.98 Å². The second-order valence-electron chi connectivity index (χ2n) is 11.1. The molecule has 9 nitrogen and oxygen atoms in total. The Morgan fingerprint density at radius 2 is 1.62 bits per heavy atom. The number of likely N-dealkylation sites (tertiary alicyclic amines) is 1. The van der Waals surface area contributed by atoms with Crippen LogP contribution in [0.3, 0.4) is 0 Å². The first-order valence-corrected chi connectivity index (χ1v) is 13.9. The summed E-state index contributed by atoms with van der Waals surface area (Å²) in [5.41, 5.74) is 4.41. The number of hydrogen-bond acceptors (Lipinski definition) is 7. The third kappa shape index (κ3) is 5.29. The van der Waals surface area contributed by atoms with Crippen molar-refractivity contribution in [3.63, 3.8) is 0 Å². The molecule has 2 amide bonds. The lowest BCUT2D eigenvalue weighted by Crippen LogP contribution is -2.55. The van der Waals surface area contributed by atoms with Crippen LogP contribution in [0.5, 0.6) is 0 Å². The minimum absolute atomic E-state index is 0.000775. The average molecular weight is 527 g/mol. The van der Waals surface area contributed by atoms with E-state index in [1.54, 1.807) is 4.90 Å². The Morgan fingerprint density at radius 3 is 2.36 bits per heavy atom. The van der Waals surface area contributed by atoms with Crippen LogP contribution >= 0.6 is 0 Å². The molecule has 2 saturated heterocycles. The molecule has 0 saturated carbocycles. The van der Waals surface area contributed by atoms with E-state index in [1.807, 2.05) is 24.2 Å². The minimum Gasteiger partial charge on any atom is -0.369 e. The number of likely N-dealkylation sites (N-methyl/N-ethyl adjacent to an activating group) is 2. The highest BCUT2D eigenvalue weighted by molar-refractivity contribution is 5.93. The smallest absolute Gasteiger partial charge is 0.325 e. The summed E-state index contributed by atoms with van der Waals surface area (Å²) in [6, 6.07) is 19.1. The number of nitrogens with one attached hydrogen (secondary N) is 1. The number of aromatic nitrogens is 2. The van der Waals surface area contributed by atoms with Crippen molar-refractivity contribution in [2.24, 2.45) is 0 Å². The zero-order chi connectivity index (χ0) is 26.9. The molecule has 9 heteroatoms. The number of carbonyl (C=O) groups excluding carboxylic acids is 1. The molecule has 3 aliphatic rings. The molecule has 6 rings (SSSR count). The summed E-state index contributed by atoms with van der Waals surface area (Å²) in [4.78, 5) is 33.9. The highest BCUT2D eigenvalue weighted by atomic mass is 16.2. The summed E-state index contributed by atoms with van der Waals surface area (Å²) >= 11 is 0. The number of fused-ring (bicyclic) bond motifs is 1. The Morgan fingerprint density at radius 1 is 0.872 bits per heavy atom. The number of piperidine rings is 1. The fourth-order valence-electron chi connectivity index (χ4n) is 6.11. The van der Waals surface area contributed by atoms with Crippen molar-refractivity contribution in [3.05, 3.63) is 71.9 Å². The highest BCUT2D eigenvalue weighted by Crippen LogP contribution is 2.36. The number of rotatable bonds is 5. The van der Waals surface area contributed by atoms with Gasteiger partial charge in [0.15, 0.2) is 0 Å². The first kappa shape index (κ1) is 25.6. The van der Waals surface area contributed by atoms with Crippen LogP contribution in [0.4, 0.5) is 27.9 Å². The van der Waals surface area contributed by atoms with Crippen LogP contribution in [0.2, 0.25) is 0 Å². The number of amides is 2. The van der Waals surface area contributed by atoms with Crippen molar-refractivity contribution in [2.45, 2.75) is 24.9 Å². The standard InChI is InChI=1S/C30H38N8O/c1-34-15-17-37(18-16-34)25-11-9-24(10-12-25)32-29-31-19-23-20-38(30(39)36(3)28(23)33-29)27-13-14-35(2)21-26(27)22-7-5-4-6-8-22/h4-12,19,26-27H,13-18,20-21H2,1-3H3,(H,31,32,33). The lowest BCUT2D eigenvalue weighted by atomic mass is 9.84. The predicted octanol–water partition coefficient (Wildman–Crippen LogP) is 3.83. The van der Waals surface area contributed by atoms with Gasteiger partial charge in [-0.15, -0.1) is 0 Å². The van der Waals surface area contributed by atoms with Crippen LogP contribution in [0.15, 0.2) is 60.8 Å². The number of piperazine rings is 1. The van der Waals surface area contributed by atoms with Gasteiger partial charge in [-0.2, -0.15) is 4.98 Å². The molecule has 2 aromatic carbocycles. The third-order valence-corrected chi connectivity index (χ3v) is 8.43. The van der Waals surface area contributed by atoms with Crippen molar-refractivity contribution in [3.8, 4) is 0 Å². The summed E-state index contributed by atoms with van der Waals surface area (Å²) < 4.78 is 0. The van der Waals surface area contributed by atoms with Gasteiger partial charge in [-0.25, -0.2) is 9.78 Å². The van der Waals surface area contributed by atoms with Crippen LogP contribution in [0, 0.1) is 0 Å². The number of carbonyl (C=O) groups is 1. The fraction of sp³-hybridized carbons (Fsp3) is 0.433. The topological polar surface area (TPSA) is 71.1 Å². The number of hydrogen-bond donors (Lipinski definition) is 1. The maximum Gasteiger partial charge on any atom is 0.325 e. The van der Waals surface area contributed by atoms with E-state index in [-0.39, 0.29) is 18.0 Å². The van der Waals surface area contributed by atoms with Gasteiger partial charge >= 0.3 is 6.03 Å². The second kappa shape index (κ2) is 10.8. The minimum atomic E-state index is -0.000775. The van der Waals surface area contributed by atoms with Crippen molar-refractivity contribution in [1.29, 1.82) is 0 Å². The molecule has 0 aliphatic carbocycles. The van der Waals surface area contributed by atoms with E-state index >= 15 is 0 Å². The summed E-state index contributed by atoms with van der Waals surface area (Å²) in [5.74, 6) is 1.43. The average Bonchev–Trinajstić information content (AvgIpc) is 2.97. The van der Waals surface area contributed by atoms with Crippen LogP contribution in [-0.2, 0) is 6.54 Å². The third-order valence-electron chi connectivity index (χ3n) is 8.43. The molecule has 1 N–H and O–H groups in total. The number of anilines is 4. The Hall–Kier alpha value is -3.69. The summed E-state index contributed by atoms with van der Waals surface area (Å²) in [6.45, 7) is 6.67. The first-order chi connectivity index (χ1) is 19.0. The van der Waals surface area contributed by atoms with E-state index in [0.29, 0.717) is 18.3 Å². The Bertz CT molecular complexity index is 1290. The van der Waals surface area contributed by atoms with Crippen molar-refractivity contribution in [1.82, 2.24) is 24.7 Å². The first-order valence-electron chi connectivity index (χ1n) is 13.9. The van der Waals surface area contributed by atoms with Crippen molar-refractivity contribution < 1.29 is 4.79 Å². The maximum atomic E-state index is 13.7. The molecule has 0 bridgehead atoms. The molecular formula is C30H38N8O. The molecule has 3 aliphatic heterocycles. The zero-order valence-electron chi connectivity index (χ0n) is 23.1. The molecule has 2 atom stereocenters.